The largest absolute Gasteiger partial charge is 0.378 e. The predicted octanol–water partition coefficient (Wildman–Crippen LogP) is 13.2. The van der Waals surface area contributed by atoms with E-state index in [-0.39, 0.29) is 5.82 Å². The van der Waals surface area contributed by atoms with E-state index in [1.54, 1.807) is 0 Å². The van der Waals surface area contributed by atoms with Gasteiger partial charge in [-0.25, -0.2) is 4.39 Å². The normalized spacial score (nSPS) is 31.5. The van der Waals surface area contributed by atoms with Gasteiger partial charge in [0.15, 0.2) is 0 Å². The molecule has 0 spiro atoms. The molecule has 1 unspecified atom stereocenters. The number of benzene rings is 1. The van der Waals surface area contributed by atoms with E-state index in [4.69, 9.17) is 4.74 Å². The van der Waals surface area contributed by atoms with Crippen LogP contribution in [0.15, 0.2) is 24.3 Å². The number of allylic oxidation sites excluding steroid dienone is 2. The van der Waals surface area contributed by atoms with Gasteiger partial charge in [-0.2, -0.15) is 0 Å². The minimum atomic E-state index is 0.0303. The Morgan fingerprint density at radius 1 is 0.659 bits per heavy atom. The smallest absolute Gasteiger partial charge is 0.130 e. The van der Waals surface area contributed by atoms with E-state index in [1.165, 1.54) is 152 Å². The number of ether oxygens (including phenoxy) is 1. The van der Waals surface area contributed by atoms with Crippen LogP contribution in [0.25, 0.3) is 5.57 Å². The fourth-order valence-electron chi connectivity index (χ4n) is 9.78. The predicted molar refractivity (Wildman–Crippen MR) is 186 cm³/mol. The highest BCUT2D eigenvalue weighted by Gasteiger charge is 2.32. The third-order valence-electron chi connectivity index (χ3n) is 12.8. The van der Waals surface area contributed by atoms with Gasteiger partial charge in [0.1, 0.15) is 5.82 Å². The van der Waals surface area contributed by atoms with Gasteiger partial charge in [0, 0.05) is 12.2 Å². The molecule has 1 atom stereocenters. The molecule has 0 amide bonds. The van der Waals surface area contributed by atoms with E-state index in [1.807, 2.05) is 6.07 Å². The van der Waals surface area contributed by atoms with Crippen molar-refractivity contribution in [3.8, 4) is 0 Å². The van der Waals surface area contributed by atoms with Gasteiger partial charge in [-0.15, -0.1) is 0 Å². The Kier molecular flexibility index (Phi) is 14.2. The zero-order valence-corrected chi connectivity index (χ0v) is 28.8. The minimum Gasteiger partial charge on any atom is -0.378 e. The molecule has 4 aliphatic carbocycles. The molecule has 0 N–H and O–H groups in total. The molecule has 3 fully saturated rings. The van der Waals surface area contributed by atoms with Gasteiger partial charge in [0.25, 0.3) is 0 Å². The first-order chi connectivity index (χ1) is 21.6. The molecular weight excluding hydrogens is 539 g/mol. The summed E-state index contributed by atoms with van der Waals surface area (Å²) in [4.78, 5) is 0. The van der Waals surface area contributed by atoms with Gasteiger partial charge < -0.3 is 4.74 Å². The van der Waals surface area contributed by atoms with Crippen LogP contribution in [0.3, 0.4) is 0 Å². The quantitative estimate of drug-likeness (QED) is 0.180. The molecule has 1 aromatic rings. The highest BCUT2D eigenvalue weighted by molar-refractivity contribution is 5.67. The summed E-state index contributed by atoms with van der Waals surface area (Å²) in [5.74, 6) is 5.11. The van der Waals surface area contributed by atoms with Gasteiger partial charge in [-0.3, -0.25) is 0 Å². The van der Waals surface area contributed by atoms with Crippen molar-refractivity contribution in [2.24, 2.45) is 29.6 Å². The molecule has 0 aliphatic heterocycles. The van der Waals surface area contributed by atoms with Crippen LogP contribution in [-0.4, -0.2) is 12.7 Å². The van der Waals surface area contributed by atoms with Crippen molar-refractivity contribution in [3.63, 3.8) is 0 Å². The van der Waals surface area contributed by atoms with Crippen molar-refractivity contribution in [1.82, 2.24) is 0 Å². The van der Waals surface area contributed by atoms with Gasteiger partial charge in [-0.05, 0) is 143 Å². The second kappa shape index (κ2) is 18.3. The topological polar surface area (TPSA) is 9.23 Å². The third kappa shape index (κ3) is 9.92. The second-order valence-electron chi connectivity index (χ2n) is 15.7. The van der Waals surface area contributed by atoms with E-state index >= 15 is 4.39 Å². The van der Waals surface area contributed by atoms with Crippen LogP contribution in [0.2, 0.25) is 0 Å². The molecule has 2 heteroatoms. The fourth-order valence-corrected chi connectivity index (χ4v) is 9.78. The first kappa shape index (κ1) is 34.2. The lowest BCUT2D eigenvalue weighted by molar-refractivity contribution is 0.00927. The first-order valence-corrected chi connectivity index (χ1v) is 19.7. The van der Waals surface area contributed by atoms with E-state index in [9.17, 15) is 0 Å². The van der Waals surface area contributed by atoms with E-state index in [0.29, 0.717) is 12.0 Å². The molecule has 0 saturated heterocycles. The van der Waals surface area contributed by atoms with Crippen LogP contribution in [0.4, 0.5) is 4.39 Å². The SMILES string of the molecule is CCCCCCCCC1CCC(C2CCC(c3ccc(C4=CCC(C5CCC(OCCCC)CC5)CC4)c(F)c3)CC2)CC1. The lowest BCUT2D eigenvalue weighted by atomic mass is 9.68. The number of halogens is 1. The zero-order chi connectivity index (χ0) is 30.6. The molecule has 3 saturated carbocycles. The molecular formula is C42H67FO. The molecule has 0 bridgehead atoms. The minimum absolute atomic E-state index is 0.0303. The maximum Gasteiger partial charge on any atom is 0.130 e. The maximum atomic E-state index is 15.5. The van der Waals surface area contributed by atoms with Crippen LogP contribution >= 0.6 is 0 Å². The van der Waals surface area contributed by atoms with E-state index in [2.05, 4.69) is 32.1 Å². The van der Waals surface area contributed by atoms with Crippen LogP contribution in [0.1, 0.15) is 185 Å². The summed E-state index contributed by atoms with van der Waals surface area (Å²) >= 11 is 0. The number of hydrogen-bond acceptors (Lipinski definition) is 1. The standard InChI is InChI=1S/C42H67FO/c1-3-5-7-8-9-10-11-32-12-14-33(15-13-32)34-16-18-37(19-17-34)39-26-29-41(42(43)31-39)38-22-20-35(21-23-38)36-24-27-40(28-25-36)44-30-6-4-2/h22,26,29,31-37,40H,3-21,23-25,27-28,30H2,1-2H3. The average Bonchev–Trinajstić information content (AvgIpc) is 3.07. The molecule has 44 heavy (non-hydrogen) atoms. The number of rotatable bonds is 15. The molecule has 0 heterocycles. The summed E-state index contributed by atoms with van der Waals surface area (Å²) in [5.41, 5.74) is 3.41. The van der Waals surface area contributed by atoms with Crippen LogP contribution in [0.5, 0.6) is 0 Å². The Balaban J connectivity index is 1.01. The Hall–Kier alpha value is -1.15. The highest BCUT2D eigenvalue weighted by atomic mass is 19.1. The second-order valence-corrected chi connectivity index (χ2v) is 15.7. The zero-order valence-electron chi connectivity index (χ0n) is 28.8. The molecule has 0 aromatic heterocycles. The Morgan fingerprint density at radius 3 is 1.95 bits per heavy atom. The van der Waals surface area contributed by atoms with Gasteiger partial charge in [0.2, 0.25) is 0 Å². The molecule has 1 aromatic carbocycles. The van der Waals surface area contributed by atoms with Crippen LogP contribution in [-0.2, 0) is 4.74 Å². The number of unbranched alkanes of at least 4 members (excludes halogenated alkanes) is 6. The summed E-state index contributed by atoms with van der Waals surface area (Å²) in [7, 11) is 0. The van der Waals surface area contributed by atoms with Crippen molar-refractivity contribution in [2.75, 3.05) is 6.61 Å². The maximum absolute atomic E-state index is 15.5. The summed E-state index contributed by atoms with van der Waals surface area (Å²) < 4.78 is 21.6. The van der Waals surface area contributed by atoms with Gasteiger partial charge in [0.05, 0.1) is 6.10 Å². The third-order valence-corrected chi connectivity index (χ3v) is 12.8. The van der Waals surface area contributed by atoms with E-state index in [0.717, 1.165) is 54.6 Å². The molecule has 4 aliphatic rings. The Labute approximate surface area is 271 Å². The summed E-state index contributed by atoms with van der Waals surface area (Å²) in [6.45, 7) is 5.48. The summed E-state index contributed by atoms with van der Waals surface area (Å²) in [5, 5.41) is 0. The highest BCUT2D eigenvalue weighted by Crippen LogP contribution is 2.45. The summed E-state index contributed by atoms with van der Waals surface area (Å²) in [6, 6.07) is 6.33. The van der Waals surface area contributed by atoms with Crippen LogP contribution in [0, 0.1) is 35.4 Å². The van der Waals surface area contributed by atoms with Crippen molar-refractivity contribution in [2.45, 2.75) is 180 Å². The average molecular weight is 607 g/mol. The Morgan fingerprint density at radius 2 is 1.30 bits per heavy atom. The van der Waals surface area contributed by atoms with Crippen LogP contribution < -0.4 is 0 Å². The monoisotopic (exact) mass is 607 g/mol. The van der Waals surface area contributed by atoms with Crippen molar-refractivity contribution in [3.05, 3.63) is 41.2 Å². The van der Waals surface area contributed by atoms with Gasteiger partial charge >= 0.3 is 0 Å². The molecule has 1 nitrogen and oxygen atoms in total. The summed E-state index contributed by atoms with van der Waals surface area (Å²) in [6.07, 6.45) is 35.0. The van der Waals surface area contributed by atoms with Crippen molar-refractivity contribution < 1.29 is 9.13 Å². The van der Waals surface area contributed by atoms with E-state index < -0.39 is 0 Å². The van der Waals surface area contributed by atoms with Crippen molar-refractivity contribution in [1.29, 1.82) is 0 Å². The molecule has 0 radical (unpaired) electrons. The fraction of sp³-hybridized carbons (Fsp3) is 0.810. The molecule has 248 valence electrons. The number of hydrogen-bond donors (Lipinski definition) is 0. The first-order valence-electron chi connectivity index (χ1n) is 19.7. The Bertz CT molecular complexity index is 973. The molecule has 5 rings (SSSR count). The lowest BCUT2D eigenvalue weighted by Gasteiger charge is -2.38. The van der Waals surface area contributed by atoms with Crippen molar-refractivity contribution >= 4 is 5.57 Å². The lowest BCUT2D eigenvalue weighted by Crippen LogP contribution is -2.27. The van der Waals surface area contributed by atoms with Gasteiger partial charge in [-0.1, -0.05) is 96.3 Å².